The van der Waals surface area contributed by atoms with Gasteiger partial charge in [0.05, 0.1) is 41.0 Å². The van der Waals surface area contributed by atoms with Crippen molar-refractivity contribution < 1.29 is 4.42 Å². The molecule has 9 aromatic rings. The second-order valence-electron chi connectivity index (χ2n) is 11.7. The molecule has 49 heavy (non-hydrogen) atoms. The first kappa shape index (κ1) is 28.0. The highest BCUT2D eigenvalue weighted by Crippen LogP contribution is 2.45. The first-order chi connectivity index (χ1) is 24.2. The van der Waals surface area contributed by atoms with Gasteiger partial charge < -0.3 is 4.42 Å². The molecule has 0 radical (unpaired) electrons. The van der Waals surface area contributed by atoms with Crippen molar-refractivity contribution in [3.63, 3.8) is 0 Å². The van der Waals surface area contributed by atoms with Gasteiger partial charge in [0.2, 0.25) is 0 Å². The summed E-state index contributed by atoms with van der Waals surface area (Å²) in [6, 6.07) is 38.0. The molecule has 0 saturated carbocycles. The summed E-state index contributed by atoms with van der Waals surface area (Å²) in [6.45, 7) is 7.34. The summed E-state index contributed by atoms with van der Waals surface area (Å²) in [6.07, 6.45) is 6.97. The molecule has 0 aliphatic carbocycles. The van der Waals surface area contributed by atoms with Crippen molar-refractivity contribution in [3.05, 3.63) is 151 Å². The quantitative estimate of drug-likeness (QED) is 0.180. The van der Waals surface area contributed by atoms with E-state index >= 15 is 0 Å². The average Bonchev–Trinajstić information content (AvgIpc) is 3.56. The zero-order valence-electron chi connectivity index (χ0n) is 25.8. The number of furan rings is 1. The highest BCUT2D eigenvalue weighted by Gasteiger charge is 2.19. The fourth-order valence-corrected chi connectivity index (χ4v) is 6.65. The Morgan fingerprint density at radius 1 is 0.551 bits per heavy atom. The summed E-state index contributed by atoms with van der Waals surface area (Å²) in [5, 5.41) is 15.8. The second kappa shape index (κ2) is 11.2. The lowest BCUT2D eigenvalue weighted by Crippen LogP contribution is -1.90. The first-order valence-electron chi connectivity index (χ1n) is 15.6. The lowest BCUT2D eigenvalue weighted by molar-refractivity contribution is 0.670. The molecular formula is C42H22N6O. The Kier molecular flexibility index (Phi) is 6.43. The van der Waals surface area contributed by atoms with Gasteiger partial charge in [0, 0.05) is 46.7 Å². The van der Waals surface area contributed by atoms with Crippen LogP contribution in [0.15, 0.2) is 138 Å². The van der Waals surface area contributed by atoms with Gasteiger partial charge in [0.25, 0.3) is 0 Å². The molecule has 0 spiro atoms. The standard InChI is InChI=1S/C42H22N6O/c1-44-28-15-17-46-38(19-28)36-13-11-27(24-48-36)34-21-40-42(32-9-5-3-7-30(32)34)41-31-8-4-2-6-29(31)33(20-39(41)49-40)26-10-12-35(47-23-26)37-18-25(22-43)14-16-45-37/h2-21,23-24H. The molecule has 5 heterocycles. The molecule has 0 aliphatic heterocycles. The average molecular weight is 627 g/mol. The third-order valence-corrected chi connectivity index (χ3v) is 8.92. The van der Waals surface area contributed by atoms with E-state index in [4.69, 9.17) is 21.0 Å². The Hall–Kier alpha value is -7.22. The fourth-order valence-electron chi connectivity index (χ4n) is 6.65. The Bertz CT molecular complexity index is 2650. The van der Waals surface area contributed by atoms with E-state index in [1.54, 1.807) is 36.7 Å². The predicted octanol–water partition coefficient (Wildman–Crippen LogP) is 10.6. The van der Waals surface area contributed by atoms with Gasteiger partial charge in [-0.1, -0.05) is 60.7 Å². The smallest absolute Gasteiger partial charge is 0.190 e. The topological polar surface area (TPSA) is 92.8 Å². The molecule has 0 N–H and O–H groups in total. The van der Waals surface area contributed by atoms with Crippen molar-refractivity contribution in [2.45, 2.75) is 0 Å². The van der Waals surface area contributed by atoms with Crippen molar-refractivity contribution in [2.24, 2.45) is 0 Å². The molecule has 7 heteroatoms. The van der Waals surface area contributed by atoms with Crippen LogP contribution in [-0.2, 0) is 0 Å². The molecule has 0 unspecified atom stereocenters. The van der Waals surface area contributed by atoms with E-state index in [1.165, 1.54) is 0 Å². The Balaban J connectivity index is 1.21. The molecule has 7 nitrogen and oxygen atoms in total. The van der Waals surface area contributed by atoms with Crippen LogP contribution in [0.1, 0.15) is 5.56 Å². The van der Waals surface area contributed by atoms with Crippen molar-refractivity contribution in [1.82, 2.24) is 19.9 Å². The van der Waals surface area contributed by atoms with Gasteiger partial charge in [-0.15, -0.1) is 0 Å². The zero-order chi connectivity index (χ0) is 32.9. The van der Waals surface area contributed by atoms with Crippen LogP contribution < -0.4 is 0 Å². The Labute approximate surface area is 280 Å². The summed E-state index contributed by atoms with van der Waals surface area (Å²) in [5.41, 5.74) is 9.31. The number of benzene rings is 4. The van der Waals surface area contributed by atoms with Crippen molar-refractivity contribution in [3.8, 4) is 51.1 Å². The molecular weight excluding hydrogens is 605 g/mol. The second-order valence-corrected chi connectivity index (χ2v) is 11.7. The van der Waals surface area contributed by atoms with Crippen molar-refractivity contribution >= 4 is 49.2 Å². The Morgan fingerprint density at radius 3 is 1.59 bits per heavy atom. The SMILES string of the molecule is [C-]#[N+]c1ccnc(-c2ccc(-c3cc4oc5cc(-c6ccc(-c7cc(C#N)ccn7)nc6)c6ccccc6c5c4c4ccccc34)cn2)c1. The lowest BCUT2D eigenvalue weighted by Gasteiger charge is -2.10. The van der Waals surface area contributed by atoms with E-state index in [1.807, 2.05) is 36.7 Å². The van der Waals surface area contributed by atoms with Crippen LogP contribution in [0.25, 0.3) is 93.4 Å². The lowest BCUT2D eigenvalue weighted by atomic mass is 9.92. The number of hydrogen-bond acceptors (Lipinski definition) is 6. The molecule has 0 amide bonds. The van der Waals surface area contributed by atoms with Crippen LogP contribution in [0.5, 0.6) is 0 Å². The van der Waals surface area contributed by atoms with Gasteiger partial charge in [-0.05, 0) is 81.2 Å². The minimum absolute atomic E-state index is 0.528. The molecule has 0 bridgehead atoms. The van der Waals surface area contributed by atoms with Crippen LogP contribution in [0.3, 0.4) is 0 Å². The summed E-state index contributed by atoms with van der Waals surface area (Å²) in [4.78, 5) is 21.8. The predicted molar refractivity (Wildman–Crippen MR) is 193 cm³/mol. The molecule has 0 aliphatic rings. The van der Waals surface area contributed by atoms with E-state index < -0.39 is 0 Å². The van der Waals surface area contributed by atoms with E-state index in [2.05, 4.69) is 81.5 Å². The van der Waals surface area contributed by atoms with Gasteiger partial charge in [-0.2, -0.15) is 5.26 Å². The normalized spacial score (nSPS) is 11.2. The van der Waals surface area contributed by atoms with Gasteiger partial charge in [0.15, 0.2) is 5.69 Å². The maximum atomic E-state index is 9.32. The molecule has 0 fully saturated rings. The monoisotopic (exact) mass is 626 g/mol. The number of nitriles is 1. The molecule has 5 aromatic heterocycles. The minimum atomic E-state index is 0.528. The summed E-state index contributed by atoms with van der Waals surface area (Å²) < 4.78 is 6.71. The van der Waals surface area contributed by atoms with Crippen LogP contribution in [0.4, 0.5) is 5.69 Å². The van der Waals surface area contributed by atoms with Gasteiger partial charge >= 0.3 is 0 Å². The molecule has 0 atom stereocenters. The largest absolute Gasteiger partial charge is 0.456 e. The summed E-state index contributed by atoms with van der Waals surface area (Å²) >= 11 is 0. The number of nitrogens with zero attached hydrogens (tertiary/aromatic N) is 6. The minimum Gasteiger partial charge on any atom is -0.456 e. The van der Waals surface area contributed by atoms with Gasteiger partial charge in [-0.25, -0.2) is 4.85 Å². The maximum absolute atomic E-state index is 9.32. The van der Waals surface area contributed by atoms with Gasteiger partial charge in [-0.3, -0.25) is 19.9 Å². The third kappa shape index (κ3) is 4.66. The first-order valence-corrected chi connectivity index (χ1v) is 15.6. The highest BCUT2D eigenvalue weighted by molar-refractivity contribution is 6.29. The van der Waals surface area contributed by atoms with Crippen molar-refractivity contribution in [1.29, 1.82) is 5.26 Å². The number of pyridine rings is 4. The van der Waals surface area contributed by atoms with Gasteiger partial charge in [0.1, 0.15) is 11.2 Å². The van der Waals surface area contributed by atoms with Crippen molar-refractivity contribution in [2.75, 3.05) is 0 Å². The molecule has 0 saturated heterocycles. The Morgan fingerprint density at radius 2 is 1.08 bits per heavy atom. The number of aromatic nitrogens is 4. The highest BCUT2D eigenvalue weighted by atomic mass is 16.3. The van der Waals surface area contributed by atoms with Crippen LogP contribution in [0.2, 0.25) is 0 Å². The molecule has 226 valence electrons. The maximum Gasteiger partial charge on any atom is 0.190 e. The number of rotatable bonds is 4. The van der Waals surface area contributed by atoms with E-state index in [-0.39, 0.29) is 0 Å². The summed E-state index contributed by atoms with van der Waals surface area (Å²) in [5.74, 6) is 0. The van der Waals surface area contributed by atoms with E-state index in [0.717, 1.165) is 65.7 Å². The summed E-state index contributed by atoms with van der Waals surface area (Å²) in [7, 11) is 0. The van der Waals surface area contributed by atoms with Crippen LogP contribution in [-0.4, -0.2) is 19.9 Å². The third-order valence-electron chi connectivity index (χ3n) is 8.92. The van der Waals surface area contributed by atoms with Crippen LogP contribution >= 0.6 is 0 Å². The van der Waals surface area contributed by atoms with Crippen LogP contribution in [0, 0.1) is 17.9 Å². The number of hydrogen-bond donors (Lipinski definition) is 0. The van der Waals surface area contributed by atoms with E-state index in [0.29, 0.717) is 34.0 Å². The fraction of sp³-hybridized carbons (Fsp3) is 0. The zero-order valence-corrected chi connectivity index (χ0v) is 25.8. The number of fused-ring (bicyclic) bond motifs is 7. The van der Waals surface area contributed by atoms with E-state index in [9.17, 15) is 5.26 Å². The molecule has 4 aromatic carbocycles. The molecule has 9 rings (SSSR count).